The van der Waals surface area contributed by atoms with Gasteiger partial charge in [-0.05, 0) is 72.9 Å². The maximum atomic E-state index is 15.3. The lowest BCUT2D eigenvalue weighted by Crippen LogP contribution is -2.53. The molecular formula is C39H26Cl2F6N4O6. The fourth-order valence-corrected chi connectivity index (χ4v) is 9.25. The van der Waals surface area contributed by atoms with Crippen LogP contribution in [0.25, 0.3) is 0 Å². The topological polar surface area (TPSA) is 129 Å². The Morgan fingerprint density at radius 2 is 1.56 bits per heavy atom. The summed E-state index contributed by atoms with van der Waals surface area (Å²) < 4.78 is 85.4. The summed E-state index contributed by atoms with van der Waals surface area (Å²) in [6.45, 7) is 0. The minimum Gasteiger partial charge on any atom is -0.508 e. The van der Waals surface area contributed by atoms with Crippen molar-refractivity contribution >= 4 is 58.3 Å². The zero-order valence-corrected chi connectivity index (χ0v) is 30.3. The number of para-hydroxylation sites is 1. The van der Waals surface area contributed by atoms with E-state index in [4.69, 9.17) is 23.2 Å². The van der Waals surface area contributed by atoms with Crippen LogP contribution >= 0.6 is 23.2 Å². The average molecular weight is 832 g/mol. The van der Waals surface area contributed by atoms with Crippen LogP contribution in [0, 0.1) is 23.7 Å². The molecule has 1 saturated carbocycles. The summed E-state index contributed by atoms with van der Waals surface area (Å²) in [6.07, 6.45) is -8.26. The Morgan fingerprint density at radius 1 is 0.860 bits per heavy atom. The van der Waals surface area contributed by atoms with Gasteiger partial charge in [0.25, 0.3) is 11.8 Å². The number of benzene rings is 3. The first-order valence-corrected chi connectivity index (χ1v) is 18.0. The highest BCUT2D eigenvalue weighted by Gasteiger charge is 2.71. The normalized spacial score (nSPS) is 25.9. The highest BCUT2D eigenvalue weighted by molar-refractivity contribution is 6.33. The van der Waals surface area contributed by atoms with E-state index < -0.39 is 99.1 Å². The largest absolute Gasteiger partial charge is 0.573 e. The van der Waals surface area contributed by atoms with E-state index in [1.54, 1.807) is 36.4 Å². The van der Waals surface area contributed by atoms with Gasteiger partial charge in [0.2, 0.25) is 11.8 Å². The summed E-state index contributed by atoms with van der Waals surface area (Å²) in [4.78, 5) is 63.1. The Kier molecular flexibility index (Phi) is 9.07. The van der Waals surface area contributed by atoms with Crippen molar-refractivity contribution in [2.75, 3.05) is 10.3 Å². The van der Waals surface area contributed by atoms with Crippen molar-refractivity contribution in [2.24, 2.45) is 23.7 Å². The van der Waals surface area contributed by atoms with Crippen LogP contribution in [0.4, 0.5) is 37.8 Å². The molecule has 0 bridgehead atoms. The quantitative estimate of drug-likeness (QED) is 0.113. The van der Waals surface area contributed by atoms with Gasteiger partial charge in [0.05, 0.1) is 39.4 Å². The van der Waals surface area contributed by atoms with Crippen molar-refractivity contribution in [3.8, 4) is 11.5 Å². The SMILES string of the molecule is O=C1[C@@H]2C[C@@H]3C(=CC[C@@H]4C(=O)N(c5ccccc5)C(=O)[C@@H]43)[C@H](c3cc(OC(F)(F)F)ccc3O)[C@]2(c2ccc(Cl)cc2)C(=O)N1Nc1ncc(C(F)(F)F)cc1Cl. The van der Waals surface area contributed by atoms with Crippen molar-refractivity contribution in [1.82, 2.24) is 9.99 Å². The Labute approximate surface area is 328 Å². The number of ether oxygens (including phenoxy) is 1. The van der Waals surface area contributed by atoms with Gasteiger partial charge in [-0.2, -0.15) is 18.2 Å². The molecule has 6 atom stereocenters. The molecule has 2 N–H and O–H groups in total. The van der Waals surface area contributed by atoms with Gasteiger partial charge in [-0.15, -0.1) is 13.2 Å². The number of nitrogens with zero attached hydrogens (tertiary/aromatic N) is 3. The molecule has 0 radical (unpaired) electrons. The second kappa shape index (κ2) is 13.5. The molecule has 10 nitrogen and oxygen atoms in total. The predicted molar refractivity (Wildman–Crippen MR) is 191 cm³/mol. The Hall–Kier alpha value is -5.61. The zero-order chi connectivity index (χ0) is 40.8. The average Bonchev–Trinajstić information content (AvgIpc) is 3.53. The van der Waals surface area contributed by atoms with Gasteiger partial charge in [-0.1, -0.05) is 65.2 Å². The minimum atomic E-state index is -5.18. The van der Waals surface area contributed by atoms with Crippen LogP contribution in [-0.4, -0.2) is 45.1 Å². The van der Waals surface area contributed by atoms with E-state index >= 15 is 4.79 Å². The van der Waals surface area contributed by atoms with E-state index in [0.29, 0.717) is 23.0 Å². The van der Waals surface area contributed by atoms with Gasteiger partial charge in [-0.3, -0.25) is 29.5 Å². The summed E-state index contributed by atoms with van der Waals surface area (Å²) in [5.41, 5.74) is -0.454. The monoisotopic (exact) mass is 830 g/mol. The number of phenolic OH excluding ortho intramolecular Hbond substituents is 1. The van der Waals surface area contributed by atoms with Crippen LogP contribution in [0.5, 0.6) is 11.5 Å². The number of phenols is 1. The number of anilines is 2. The van der Waals surface area contributed by atoms with E-state index in [1.807, 2.05) is 0 Å². The number of pyridine rings is 1. The molecule has 2 aliphatic heterocycles. The van der Waals surface area contributed by atoms with E-state index in [9.17, 15) is 45.8 Å². The molecule has 18 heteroatoms. The molecule has 3 fully saturated rings. The summed E-state index contributed by atoms with van der Waals surface area (Å²) in [7, 11) is 0. The Balaban J connectivity index is 1.34. The van der Waals surface area contributed by atoms with E-state index in [-0.39, 0.29) is 34.6 Å². The zero-order valence-electron chi connectivity index (χ0n) is 28.8. The molecule has 0 unspecified atom stereocenters. The number of carbonyl (C=O) groups excluding carboxylic acids is 4. The number of fused-ring (bicyclic) bond motifs is 4. The summed E-state index contributed by atoms with van der Waals surface area (Å²) in [6, 6.07) is 17.0. The Bertz CT molecular complexity index is 2380. The highest BCUT2D eigenvalue weighted by atomic mass is 35.5. The lowest BCUT2D eigenvalue weighted by Gasteiger charge is -2.50. The number of hydrazine groups is 1. The standard InChI is InChI=1S/C39H26Cl2F6N4O6/c40-20-8-6-18(7-9-20)37-27(34(54)51(36(37)56)49-32-28(41)14-19(17-48-32)38(42,43)44)16-25-23(31(37)26-15-22(10-13-29(26)52)57-39(45,46)47)11-12-24-30(25)35(55)50(33(24)53)21-4-2-1-3-5-21/h1-11,13-15,17,24-25,27,30-31,52H,12,16H2,(H,48,49)/t24-,25+,27-,30-,31+,37+/m0/s1. The number of hydrogen-bond donors (Lipinski definition) is 2. The highest BCUT2D eigenvalue weighted by Crippen LogP contribution is 2.65. The minimum absolute atomic E-state index is 0.0447. The fourth-order valence-electron chi connectivity index (χ4n) is 8.92. The van der Waals surface area contributed by atoms with E-state index in [1.165, 1.54) is 24.3 Å². The van der Waals surface area contributed by atoms with Gasteiger partial charge in [0.1, 0.15) is 11.5 Å². The van der Waals surface area contributed by atoms with Crippen molar-refractivity contribution in [2.45, 2.75) is 36.7 Å². The molecule has 57 heavy (non-hydrogen) atoms. The number of alkyl halides is 6. The second-order valence-electron chi connectivity index (χ2n) is 14.0. The molecule has 3 heterocycles. The van der Waals surface area contributed by atoms with Crippen LogP contribution < -0.4 is 15.1 Å². The third-order valence-corrected chi connectivity index (χ3v) is 11.7. The van der Waals surface area contributed by atoms with Gasteiger partial charge < -0.3 is 9.84 Å². The molecule has 1 aromatic heterocycles. The molecular weight excluding hydrogens is 805 g/mol. The van der Waals surface area contributed by atoms with Crippen LogP contribution in [0.2, 0.25) is 10.0 Å². The predicted octanol–water partition coefficient (Wildman–Crippen LogP) is 8.20. The van der Waals surface area contributed by atoms with Crippen molar-refractivity contribution < 1.29 is 55.4 Å². The number of aromatic hydroxyl groups is 1. The molecule has 0 spiro atoms. The van der Waals surface area contributed by atoms with Gasteiger partial charge in [0.15, 0.2) is 5.82 Å². The second-order valence-corrected chi connectivity index (χ2v) is 14.9. The number of aromatic nitrogens is 1. The van der Waals surface area contributed by atoms with Crippen LogP contribution in [0.15, 0.2) is 96.7 Å². The first-order valence-electron chi connectivity index (χ1n) is 17.3. The Morgan fingerprint density at radius 3 is 2.21 bits per heavy atom. The van der Waals surface area contributed by atoms with Crippen LogP contribution in [0.3, 0.4) is 0 Å². The van der Waals surface area contributed by atoms with E-state index in [2.05, 4.69) is 15.1 Å². The third kappa shape index (κ3) is 6.16. The van der Waals surface area contributed by atoms with Crippen LogP contribution in [-0.2, 0) is 30.8 Å². The molecule has 4 aliphatic rings. The number of hydrogen-bond acceptors (Lipinski definition) is 8. The summed E-state index contributed by atoms with van der Waals surface area (Å²) in [5, 5.41) is 11.6. The maximum Gasteiger partial charge on any atom is 0.573 e. The number of allylic oxidation sites excluding steroid dienone is 2. The molecule has 4 amide bonds. The number of nitrogens with one attached hydrogen (secondary N) is 1. The molecule has 8 rings (SSSR count). The van der Waals surface area contributed by atoms with Crippen molar-refractivity contribution in [1.29, 1.82) is 0 Å². The lowest BCUT2D eigenvalue weighted by molar-refractivity contribution is -0.274. The van der Waals surface area contributed by atoms with Crippen molar-refractivity contribution in [3.05, 3.63) is 123 Å². The smallest absolute Gasteiger partial charge is 0.508 e. The number of imide groups is 2. The first-order chi connectivity index (χ1) is 26.9. The first kappa shape index (κ1) is 38.3. The number of halogens is 8. The third-order valence-electron chi connectivity index (χ3n) is 11.1. The van der Waals surface area contributed by atoms with Crippen molar-refractivity contribution in [3.63, 3.8) is 0 Å². The van der Waals surface area contributed by atoms with Gasteiger partial charge in [0, 0.05) is 22.7 Å². The number of rotatable bonds is 6. The molecule has 294 valence electrons. The van der Waals surface area contributed by atoms with Gasteiger partial charge in [-0.25, -0.2) is 4.98 Å². The molecule has 4 aromatic rings. The van der Waals surface area contributed by atoms with Crippen LogP contribution in [0.1, 0.15) is 35.4 Å². The van der Waals surface area contributed by atoms with Gasteiger partial charge >= 0.3 is 12.5 Å². The molecule has 3 aromatic carbocycles. The lowest BCUT2D eigenvalue weighted by atomic mass is 9.49. The summed E-state index contributed by atoms with van der Waals surface area (Å²) >= 11 is 12.4. The number of amides is 4. The fraction of sp³-hybridized carbons (Fsp3) is 0.256. The summed E-state index contributed by atoms with van der Waals surface area (Å²) in [5.74, 6) is -11.0. The number of carbonyl (C=O) groups is 4. The van der Waals surface area contributed by atoms with E-state index in [0.717, 1.165) is 23.1 Å². The maximum absolute atomic E-state index is 15.3. The molecule has 2 saturated heterocycles. The molecule has 2 aliphatic carbocycles.